The maximum absolute atomic E-state index is 11.8. The number of alkyl carbamates (subject to hydrolysis) is 1. The number of amides is 1. The van der Waals surface area contributed by atoms with Crippen LogP contribution in [0.4, 0.5) is 4.79 Å². The van der Waals surface area contributed by atoms with E-state index in [1.54, 1.807) is 24.6 Å². The number of carbonyl (C=O) groups is 1. The lowest BCUT2D eigenvalue weighted by atomic mass is 10.1. The molecule has 0 bridgehead atoms. The number of nitrogens with one attached hydrogen (secondary N) is 1. The first kappa shape index (κ1) is 23.7. The third-order valence-electron chi connectivity index (χ3n) is 4.91. The van der Waals surface area contributed by atoms with E-state index < -0.39 is 11.7 Å². The van der Waals surface area contributed by atoms with Gasteiger partial charge in [-0.05, 0) is 70.0 Å². The Labute approximate surface area is 202 Å². The van der Waals surface area contributed by atoms with Gasteiger partial charge in [-0.15, -0.1) is 11.3 Å². The Bertz CT molecular complexity index is 1360. The molecule has 4 rings (SSSR count). The van der Waals surface area contributed by atoms with Gasteiger partial charge in [-0.1, -0.05) is 0 Å². The summed E-state index contributed by atoms with van der Waals surface area (Å²) < 4.78 is 17.4. The van der Waals surface area contributed by atoms with Gasteiger partial charge in [0, 0.05) is 5.56 Å². The molecule has 0 fully saturated rings. The van der Waals surface area contributed by atoms with Gasteiger partial charge in [0.15, 0.2) is 0 Å². The summed E-state index contributed by atoms with van der Waals surface area (Å²) in [6.45, 7) is 10.2. The van der Waals surface area contributed by atoms with E-state index in [2.05, 4.69) is 21.4 Å². The summed E-state index contributed by atoms with van der Waals surface area (Å²) in [7, 11) is 1.58. The molecule has 9 heteroatoms. The van der Waals surface area contributed by atoms with E-state index in [0.717, 1.165) is 48.7 Å². The average Bonchev–Trinajstić information content (AvgIpc) is 3.19. The maximum Gasteiger partial charge on any atom is 0.407 e. The highest BCUT2D eigenvalue weighted by atomic mass is 32.1. The smallest absolute Gasteiger partial charge is 0.407 e. The number of hydrogen-bond acceptors (Lipinski definition) is 8. The van der Waals surface area contributed by atoms with Crippen molar-refractivity contribution >= 4 is 38.7 Å². The zero-order chi connectivity index (χ0) is 24.5. The maximum atomic E-state index is 11.8. The molecule has 0 saturated carbocycles. The van der Waals surface area contributed by atoms with Gasteiger partial charge < -0.3 is 19.5 Å². The summed E-state index contributed by atoms with van der Waals surface area (Å²) in [5.74, 6) is 1.21. The molecule has 34 heavy (non-hydrogen) atoms. The number of carbonyl (C=O) groups excluding carboxylic acids is 1. The second-order valence-corrected chi connectivity index (χ2v) is 10.0. The molecule has 2 aromatic heterocycles. The molecule has 0 aliphatic rings. The van der Waals surface area contributed by atoms with E-state index in [-0.39, 0.29) is 0 Å². The first-order valence-corrected chi connectivity index (χ1v) is 11.8. The Balaban J connectivity index is 1.55. The second-order valence-electron chi connectivity index (χ2n) is 8.98. The summed E-state index contributed by atoms with van der Waals surface area (Å²) in [6.07, 6.45) is 1.16. The van der Waals surface area contributed by atoms with Gasteiger partial charge >= 0.3 is 6.09 Å². The Morgan fingerprint density at radius 2 is 1.88 bits per heavy atom. The zero-order valence-electron chi connectivity index (χ0n) is 20.2. The van der Waals surface area contributed by atoms with Crippen molar-refractivity contribution in [2.24, 2.45) is 0 Å². The van der Waals surface area contributed by atoms with E-state index in [1.807, 2.05) is 52.8 Å². The number of fused-ring (bicyclic) bond motifs is 2. The van der Waals surface area contributed by atoms with Crippen molar-refractivity contribution in [3.63, 3.8) is 0 Å². The van der Waals surface area contributed by atoms with Crippen LogP contribution in [0.2, 0.25) is 0 Å². The number of methoxy groups -OCH3 is 1. The molecule has 2 heterocycles. The standard InChI is InChI=1S/C25H28N4O4S/c1-14-9-17(22-18(10-14)28-20(31-6)13-27-22)23-29-21-15(2)11-16(12-19(21)34-23)32-8-7-26-24(30)33-25(3,4)5/h9-13H,7-8H2,1-6H3,(H,26,30). The molecule has 2 aromatic carbocycles. The summed E-state index contributed by atoms with van der Waals surface area (Å²) in [5, 5.41) is 3.57. The lowest BCUT2D eigenvalue weighted by molar-refractivity contribution is 0.0520. The van der Waals surface area contributed by atoms with E-state index in [9.17, 15) is 4.79 Å². The van der Waals surface area contributed by atoms with Gasteiger partial charge in [-0.3, -0.25) is 0 Å². The monoisotopic (exact) mass is 480 g/mol. The van der Waals surface area contributed by atoms with Crippen LogP contribution in [0.5, 0.6) is 11.6 Å². The molecule has 0 saturated heterocycles. The van der Waals surface area contributed by atoms with E-state index >= 15 is 0 Å². The van der Waals surface area contributed by atoms with Crippen molar-refractivity contribution in [1.29, 1.82) is 0 Å². The molecular weight excluding hydrogens is 452 g/mol. The average molecular weight is 481 g/mol. The summed E-state index contributed by atoms with van der Waals surface area (Å²) in [6, 6.07) is 8.00. The Kier molecular flexibility index (Phi) is 6.56. The minimum atomic E-state index is -0.531. The van der Waals surface area contributed by atoms with Crippen molar-refractivity contribution in [1.82, 2.24) is 20.3 Å². The first-order chi connectivity index (χ1) is 16.1. The molecule has 4 aromatic rings. The Morgan fingerprint density at radius 3 is 2.62 bits per heavy atom. The molecule has 1 amide bonds. The van der Waals surface area contributed by atoms with E-state index in [4.69, 9.17) is 19.2 Å². The van der Waals surface area contributed by atoms with Crippen LogP contribution in [0.25, 0.3) is 31.8 Å². The number of aromatic nitrogens is 3. The predicted octanol–water partition coefficient (Wildman–Crippen LogP) is 5.44. The second kappa shape index (κ2) is 9.42. The number of thiazole rings is 1. The van der Waals surface area contributed by atoms with Gasteiger partial charge in [0.05, 0.1) is 41.1 Å². The van der Waals surface area contributed by atoms with Crippen molar-refractivity contribution in [3.8, 4) is 22.2 Å². The first-order valence-electron chi connectivity index (χ1n) is 11.0. The van der Waals surface area contributed by atoms with Crippen molar-refractivity contribution in [3.05, 3.63) is 41.6 Å². The van der Waals surface area contributed by atoms with Gasteiger partial charge in [0.2, 0.25) is 5.88 Å². The number of benzene rings is 2. The highest BCUT2D eigenvalue weighted by Crippen LogP contribution is 2.37. The van der Waals surface area contributed by atoms with Crippen LogP contribution in [-0.2, 0) is 4.74 Å². The Hall–Kier alpha value is -3.46. The molecule has 0 aliphatic carbocycles. The Morgan fingerprint density at radius 1 is 1.09 bits per heavy atom. The van der Waals surface area contributed by atoms with Crippen molar-refractivity contribution in [2.75, 3.05) is 20.3 Å². The minimum Gasteiger partial charge on any atom is -0.492 e. The molecule has 178 valence electrons. The minimum absolute atomic E-state index is 0.329. The molecule has 0 atom stereocenters. The van der Waals surface area contributed by atoms with Crippen molar-refractivity contribution in [2.45, 2.75) is 40.2 Å². The largest absolute Gasteiger partial charge is 0.492 e. The van der Waals surface area contributed by atoms with Gasteiger partial charge in [0.25, 0.3) is 0 Å². The fraction of sp³-hybridized carbons (Fsp3) is 0.360. The summed E-state index contributed by atoms with van der Waals surface area (Å²) >= 11 is 1.58. The van der Waals surface area contributed by atoms with Crippen LogP contribution < -0.4 is 14.8 Å². The van der Waals surface area contributed by atoms with Crippen molar-refractivity contribution < 1.29 is 19.0 Å². The normalized spacial score (nSPS) is 11.6. The fourth-order valence-corrected chi connectivity index (χ4v) is 4.60. The van der Waals surface area contributed by atoms with Gasteiger partial charge in [0.1, 0.15) is 23.0 Å². The number of aryl methyl sites for hydroxylation is 2. The molecular formula is C25H28N4O4S. The number of nitrogens with zero attached hydrogens (tertiary/aromatic N) is 3. The molecule has 0 aliphatic heterocycles. The highest BCUT2D eigenvalue weighted by Gasteiger charge is 2.17. The van der Waals surface area contributed by atoms with Crippen LogP contribution in [0.3, 0.4) is 0 Å². The molecule has 8 nitrogen and oxygen atoms in total. The highest BCUT2D eigenvalue weighted by molar-refractivity contribution is 7.21. The molecule has 0 radical (unpaired) electrons. The number of ether oxygens (including phenoxy) is 3. The van der Waals surface area contributed by atoms with Crippen LogP contribution >= 0.6 is 11.3 Å². The summed E-state index contributed by atoms with van der Waals surface area (Å²) in [4.78, 5) is 25.8. The molecule has 1 N–H and O–H groups in total. The van der Waals surface area contributed by atoms with E-state index in [0.29, 0.717) is 19.0 Å². The van der Waals surface area contributed by atoms with Crippen LogP contribution in [-0.4, -0.2) is 46.9 Å². The SMILES string of the molecule is COc1cnc2c(-c3nc4c(C)cc(OCCNC(=O)OC(C)(C)C)cc4s3)cc(C)cc2n1. The van der Waals surface area contributed by atoms with E-state index in [1.165, 1.54) is 0 Å². The third kappa shape index (κ3) is 5.36. The number of rotatable bonds is 6. The number of hydrogen-bond donors (Lipinski definition) is 1. The zero-order valence-corrected chi connectivity index (χ0v) is 21.0. The summed E-state index contributed by atoms with van der Waals surface area (Å²) in [5.41, 5.74) is 4.98. The van der Waals surface area contributed by atoms with Crippen LogP contribution in [0.15, 0.2) is 30.5 Å². The van der Waals surface area contributed by atoms with Gasteiger partial charge in [-0.25, -0.2) is 19.7 Å². The lowest BCUT2D eigenvalue weighted by Crippen LogP contribution is -2.34. The molecule has 0 unspecified atom stereocenters. The topological polar surface area (TPSA) is 95.5 Å². The van der Waals surface area contributed by atoms with Gasteiger partial charge in [-0.2, -0.15) is 0 Å². The fourth-order valence-electron chi connectivity index (χ4n) is 3.51. The van der Waals surface area contributed by atoms with Crippen LogP contribution in [0.1, 0.15) is 31.9 Å². The molecule has 0 spiro atoms. The third-order valence-corrected chi connectivity index (χ3v) is 5.94. The predicted molar refractivity (Wildman–Crippen MR) is 134 cm³/mol. The quantitative estimate of drug-likeness (QED) is 0.367. The lowest BCUT2D eigenvalue weighted by Gasteiger charge is -2.19. The van der Waals surface area contributed by atoms with Crippen LogP contribution in [0, 0.1) is 13.8 Å².